The molecule has 5 heteroatoms. The second-order valence-corrected chi connectivity index (χ2v) is 7.17. The van der Waals surface area contributed by atoms with E-state index in [4.69, 9.17) is 9.47 Å². The first-order valence-corrected chi connectivity index (χ1v) is 8.73. The van der Waals surface area contributed by atoms with Crippen LogP contribution in [0, 0.1) is 0 Å². The summed E-state index contributed by atoms with van der Waals surface area (Å²) in [7, 11) is 2.92. The number of rotatable bonds is 4. The molecular weight excluding hydrogens is 342 g/mol. The highest BCUT2D eigenvalue weighted by atomic mass is 16.5. The molecule has 1 N–H and O–H groups in total. The Balaban J connectivity index is 2.07. The molecule has 0 aliphatic carbocycles. The number of hydrogen-bond acceptors (Lipinski definition) is 5. The van der Waals surface area contributed by atoms with E-state index in [1.54, 1.807) is 37.5 Å². The molecule has 2 aromatic carbocycles. The van der Waals surface area contributed by atoms with Gasteiger partial charge >= 0.3 is 5.97 Å². The Hall–Kier alpha value is -3.08. The number of ketones is 1. The predicted molar refractivity (Wildman–Crippen MR) is 104 cm³/mol. The Kier molecular flexibility index (Phi) is 5.04. The number of fused-ring (bicyclic) bond motifs is 1. The van der Waals surface area contributed by atoms with Gasteiger partial charge < -0.3 is 14.8 Å². The van der Waals surface area contributed by atoms with Crippen molar-refractivity contribution in [3.63, 3.8) is 0 Å². The normalized spacial score (nSPS) is 16.2. The van der Waals surface area contributed by atoms with Gasteiger partial charge in [-0.25, -0.2) is 4.79 Å². The van der Waals surface area contributed by atoms with Gasteiger partial charge in [-0.05, 0) is 44.0 Å². The number of ether oxygens (including phenoxy) is 2. The molecular formula is C22H23NO4. The van der Waals surface area contributed by atoms with E-state index >= 15 is 0 Å². The largest absolute Gasteiger partial charge is 0.497 e. The fourth-order valence-corrected chi connectivity index (χ4v) is 3.35. The molecule has 0 aromatic heterocycles. The topological polar surface area (TPSA) is 64.6 Å². The van der Waals surface area contributed by atoms with Crippen LogP contribution in [0.1, 0.15) is 45.7 Å². The summed E-state index contributed by atoms with van der Waals surface area (Å²) in [4.78, 5) is 25.0. The maximum Gasteiger partial charge on any atom is 0.338 e. The van der Waals surface area contributed by atoms with Gasteiger partial charge in [0.1, 0.15) is 5.75 Å². The monoisotopic (exact) mass is 365 g/mol. The van der Waals surface area contributed by atoms with Crippen LogP contribution in [0.3, 0.4) is 0 Å². The molecule has 5 nitrogen and oxygen atoms in total. The number of hydrogen-bond donors (Lipinski definition) is 1. The molecule has 0 saturated heterocycles. The molecule has 1 aliphatic heterocycles. The van der Waals surface area contributed by atoms with Crippen LogP contribution in [0.15, 0.2) is 48.5 Å². The van der Waals surface area contributed by atoms with E-state index in [1.807, 2.05) is 18.2 Å². The Morgan fingerprint density at radius 2 is 1.78 bits per heavy atom. The number of carbonyl (C=O) groups excluding carboxylic acids is 2. The van der Waals surface area contributed by atoms with Crippen molar-refractivity contribution in [3.8, 4) is 5.75 Å². The summed E-state index contributed by atoms with van der Waals surface area (Å²) in [6, 6.07) is 12.5. The van der Waals surface area contributed by atoms with E-state index in [1.165, 1.54) is 7.11 Å². The van der Waals surface area contributed by atoms with Crippen molar-refractivity contribution in [3.05, 3.63) is 70.8 Å². The third-order valence-corrected chi connectivity index (χ3v) is 4.59. The molecule has 0 amide bonds. The molecule has 0 atom stereocenters. The molecule has 3 rings (SSSR count). The summed E-state index contributed by atoms with van der Waals surface area (Å²) < 4.78 is 10.1. The first-order valence-electron chi connectivity index (χ1n) is 8.73. The lowest BCUT2D eigenvalue weighted by Crippen LogP contribution is -2.43. The van der Waals surface area contributed by atoms with E-state index in [-0.39, 0.29) is 16.9 Å². The number of nitrogens with one attached hydrogen (secondary N) is 1. The smallest absolute Gasteiger partial charge is 0.338 e. The molecule has 1 aliphatic rings. The third kappa shape index (κ3) is 3.87. The summed E-state index contributed by atoms with van der Waals surface area (Å²) in [5, 5.41) is 3.43. The van der Waals surface area contributed by atoms with Crippen LogP contribution in [-0.2, 0) is 11.2 Å². The molecule has 0 saturated carbocycles. The van der Waals surface area contributed by atoms with Gasteiger partial charge in [0, 0.05) is 28.4 Å². The van der Waals surface area contributed by atoms with Crippen LogP contribution in [0.4, 0.5) is 0 Å². The lowest BCUT2D eigenvalue weighted by atomic mass is 9.85. The van der Waals surface area contributed by atoms with E-state index < -0.39 is 5.97 Å². The van der Waals surface area contributed by atoms with E-state index in [0.29, 0.717) is 11.3 Å². The summed E-state index contributed by atoms with van der Waals surface area (Å²) in [6.07, 6.45) is 2.37. The molecule has 0 unspecified atom stereocenters. The van der Waals surface area contributed by atoms with Gasteiger partial charge in [0.2, 0.25) is 0 Å². The maximum absolute atomic E-state index is 13.0. The van der Waals surface area contributed by atoms with Gasteiger partial charge in [0.15, 0.2) is 5.78 Å². The summed E-state index contributed by atoms with van der Waals surface area (Å²) >= 11 is 0. The lowest BCUT2D eigenvalue weighted by Gasteiger charge is -2.35. The van der Waals surface area contributed by atoms with Crippen molar-refractivity contribution >= 4 is 17.4 Å². The second-order valence-electron chi connectivity index (χ2n) is 7.17. The van der Waals surface area contributed by atoms with Gasteiger partial charge in [0.05, 0.1) is 19.8 Å². The Morgan fingerprint density at radius 1 is 1.07 bits per heavy atom. The van der Waals surface area contributed by atoms with Gasteiger partial charge in [-0.15, -0.1) is 0 Å². The zero-order valence-corrected chi connectivity index (χ0v) is 16.0. The Morgan fingerprint density at radius 3 is 2.44 bits per heavy atom. The standard InChI is InChI=1S/C22H23NO4/c1-22(2)13-14-9-10-15(26-3)11-18(14)19(23-22)12-20(24)16-7-5-6-8-17(16)21(25)27-4/h5-12,23H,13H2,1-4H3/b19-12-. The van der Waals surface area contributed by atoms with Crippen molar-refractivity contribution < 1.29 is 19.1 Å². The number of esters is 1. The minimum absolute atomic E-state index is 0.199. The fraction of sp³-hybridized carbons (Fsp3) is 0.273. The van der Waals surface area contributed by atoms with Crippen LogP contribution in [0.2, 0.25) is 0 Å². The molecule has 27 heavy (non-hydrogen) atoms. The highest BCUT2D eigenvalue weighted by Crippen LogP contribution is 2.32. The number of methoxy groups -OCH3 is 2. The van der Waals surface area contributed by atoms with Crippen LogP contribution in [0.5, 0.6) is 5.75 Å². The van der Waals surface area contributed by atoms with Crippen molar-refractivity contribution in [1.29, 1.82) is 0 Å². The first kappa shape index (κ1) is 18.7. The van der Waals surface area contributed by atoms with E-state index in [0.717, 1.165) is 23.3 Å². The minimum atomic E-state index is -0.531. The summed E-state index contributed by atoms with van der Waals surface area (Å²) in [5.41, 5.74) is 3.15. The van der Waals surface area contributed by atoms with E-state index in [2.05, 4.69) is 19.2 Å². The van der Waals surface area contributed by atoms with Crippen molar-refractivity contribution in [1.82, 2.24) is 5.32 Å². The maximum atomic E-state index is 13.0. The Labute approximate surface area is 159 Å². The molecule has 0 spiro atoms. The van der Waals surface area contributed by atoms with Crippen LogP contribution in [0.25, 0.3) is 5.70 Å². The fourth-order valence-electron chi connectivity index (χ4n) is 3.35. The minimum Gasteiger partial charge on any atom is -0.497 e. The van der Waals surface area contributed by atoms with Crippen LogP contribution in [-0.4, -0.2) is 31.5 Å². The van der Waals surface area contributed by atoms with Gasteiger partial charge in [-0.2, -0.15) is 0 Å². The zero-order valence-electron chi connectivity index (χ0n) is 16.0. The van der Waals surface area contributed by atoms with Crippen molar-refractivity contribution in [2.24, 2.45) is 0 Å². The number of allylic oxidation sites excluding steroid dienone is 1. The number of benzene rings is 2. The van der Waals surface area contributed by atoms with Gasteiger partial charge in [0.25, 0.3) is 0 Å². The average Bonchev–Trinajstić information content (AvgIpc) is 2.66. The molecule has 1 heterocycles. The van der Waals surface area contributed by atoms with Crippen molar-refractivity contribution in [2.45, 2.75) is 25.8 Å². The second kappa shape index (κ2) is 7.27. The number of carbonyl (C=O) groups is 2. The molecule has 0 bridgehead atoms. The third-order valence-electron chi connectivity index (χ3n) is 4.59. The van der Waals surface area contributed by atoms with Crippen LogP contribution < -0.4 is 10.1 Å². The highest BCUT2D eigenvalue weighted by Gasteiger charge is 2.28. The van der Waals surface area contributed by atoms with Gasteiger partial charge in [-0.1, -0.05) is 24.3 Å². The average molecular weight is 365 g/mol. The molecule has 2 aromatic rings. The quantitative estimate of drug-likeness (QED) is 0.509. The Bertz CT molecular complexity index is 928. The van der Waals surface area contributed by atoms with Crippen LogP contribution >= 0.6 is 0 Å². The van der Waals surface area contributed by atoms with Gasteiger partial charge in [-0.3, -0.25) is 4.79 Å². The summed E-state index contributed by atoms with van der Waals surface area (Å²) in [6.45, 7) is 4.17. The first-order chi connectivity index (χ1) is 12.8. The summed E-state index contributed by atoms with van der Waals surface area (Å²) in [5.74, 6) is -0.0649. The molecule has 0 fully saturated rings. The van der Waals surface area contributed by atoms with Crippen molar-refractivity contribution in [2.75, 3.05) is 14.2 Å². The molecule has 0 radical (unpaired) electrons. The SMILES string of the molecule is COC(=O)c1ccccc1C(=O)/C=C1\NC(C)(C)Cc2ccc(OC)cc21. The lowest BCUT2D eigenvalue weighted by molar-refractivity contribution is 0.0597. The zero-order chi connectivity index (χ0) is 19.6. The highest BCUT2D eigenvalue weighted by molar-refractivity contribution is 6.14. The van der Waals surface area contributed by atoms with E-state index in [9.17, 15) is 9.59 Å². The molecule has 140 valence electrons. The predicted octanol–water partition coefficient (Wildman–Crippen LogP) is 3.63.